The van der Waals surface area contributed by atoms with Crippen LogP contribution in [0.4, 0.5) is 11.4 Å². The number of hydrogen-bond acceptors (Lipinski definition) is 5. The zero-order valence-corrected chi connectivity index (χ0v) is 11.7. The Morgan fingerprint density at radius 2 is 2.26 bits per heavy atom. The number of nitrogens with one attached hydrogen (secondary N) is 1. The van der Waals surface area contributed by atoms with E-state index < -0.39 is 6.10 Å². The van der Waals surface area contributed by atoms with Crippen LogP contribution in [0.25, 0.3) is 0 Å². The Morgan fingerprint density at radius 1 is 1.53 bits per heavy atom. The van der Waals surface area contributed by atoms with E-state index >= 15 is 0 Å². The molecule has 1 aromatic rings. The number of nitrogens with two attached hydrogens (primary N) is 1. The highest BCUT2D eigenvalue weighted by molar-refractivity contribution is 7.99. The molecule has 0 radical (unpaired) electrons. The summed E-state index contributed by atoms with van der Waals surface area (Å²) in [6, 6.07) is 5.38. The van der Waals surface area contributed by atoms with Crippen LogP contribution in [-0.4, -0.2) is 40.3 Å². The van der Waals surface area contributed by atoms with Crippen molar-refractivity contribution in [3.8, 4) is 0 Å². The zero-order chi connectivity index (χ0) is 14.3. The standard InChI is InChI=1S/C13H20N2O3S/c1-9-2-3-10(14)6-12(9)15-13(18)4-5-19-8-11(17)7-16/h2-3,6,11,16-17H,4-5,7-8,14H2,1H3,(H,15,18). The Morgan fingerprint density at radius 3 is 2.95 bits per heavy atom. The van der Waals surface area contributed by atoms with Gasteiger partial charge in [0, 0.05) is 29.3 Å². The summed E-state index contributed by atoms with van der Waals surface area (Å²) >= 11 is 1.44. The van der Waals surface area contributed by atoms with Crippen molar-refractivity contribution >= 4 is 29.0 Å². The molecule has 0 aromatic heterocycles. The first kappa shape index (κ1) is 15.8. The molecule has 19 heavy (non-hydrogen) atoms. The number of nitrogen functional groups attached to an aromatic ring is 1. The molecule has 5 nitrogen and oxygen atoms in total. The summed E-state index contributed by atoms with van der Waals surface area (Å²) in [6.45, 7) is 1.66. The normalized spacial score (nSPS) is 12.2. The van der Waals surface area contributed by atoms with Crippen LogP contribution < -0.4 is 11.1 Å². The average molecular weight is 284 g/mol. The predicted octanol–water partition coefficient (Wildman–Crippen LogP) is 0.992. The van der Waals surface area contributed by atoms with E-state index in [0.717, 1.165) is 11.3 Å². The first-order chi connectivity index (χ1) is 9.02. The molecule has 0 bridgehead atoms. The number of anilines is 2. The minimum absolute atomic E-state index is 0.0836. The molecule has 5 N–H and O–H groups in total. The monoisotopic (exact) mass is 284 g/mol. The fourth-order valence-electron chi connectivity index (χ4n) is 1.42. The second-order valence-corrected chi connectivity index (χ2v) is 5.43. The van der Waals surface area contributed by atoms with Crippen LogP contribution in [0.5, 0.6) is 0 Å². The largest absolute Gasteiger partial charge is 0.399 e. The van der Waals surface area contributed by atoms with Crippen LogP contribution in [0.2, 0.25) is 0 Å². The third-order valence-electron chi connectivity index (χ3n) is 2.53. The minimum atomic E-state index is -0.718. The Hall–Kier alpha value is -1.24. The SMILES string of the molecule is Cc1ccc(N)cc1NC(=O)CCSCC(O)CO. The molecule has 0 fully saturated rings. The van der Waals surface area contributed by atoms with Gasteiger partial charge in [-0.15, -0.1) is 0 Å². The smallest absolute Gasteiger partial charge is 0.225 e. The molecule has 0 spiro atoms. The van der Waals surface area contributed by atoms with Gasteiger partial charge in [0.1, 0.15) is 0 Å². The van der Waals surface area contributed by atoms with E-state index in [2.05, 4.69) is 5.32 Å². The topological polar surface area (TPSA) is 95.6 Å². The molecule has 1 aromatic carbocycles. The van der Waals surface area contributed by atoms with E-state index in [1.165, 1.54) is 11.8 Å². The van der Waals surface area contributed by atoms with Gasteiger partial charge in [0.15, 0.2) is 0 Å². The van der Waals surface area contributed by atoms with Crippen molar-refractivity contribution in [2.75, 3.05) is 29.2 Å². The number of carbonyl (C=O) groups excluding carboxylic acids is 1. The minimum Gasteiger partial charge on any atom is -0.399 e. The number of amides is 1. The number of carbonyl (C=O) groups is 1. The van der Waals surface area contributed by atoms with Gasteiger partial charge in [-0.1, -0.05) is 6.07 Å². The van der Waals surface area contributed by atoms with Gasteiger partial charge in [-0.25, -0.2) is 0 Å². The van der Waals surface area contributed by atoms with Gasteiger partial charge in [-0.2, -0.15) is 11.8 Å². The number of rotatable bonds is 7. The lowest BCUT2D eigenvalue weighted by molar-refractivity contribution is -0.115. The number of aryl methyl sites for hydroxylation is 1. The first-order valence-corrected chi connectivity index (χ1v) is 7.21. The Balaban J connectivity index is 2.33. The van der Waals surface area contributed by atoms with Gasteiger partial charge in [0.05, 0.1) is 12.7 Å². The third kappa shape index (κ3) is 5.96. The Kier molecular flexibility index (Phi) is 6.69. The fourth-order valence-corrected chi connectivity index (χ4v) is 2.30. The molecule has 0 saturated heterocycles. The maximum Gasteiger partial charge on any atom is 0.225 e. The second-order valence-electron chi connectivity index (χ2n) is 4.28. The summed E-state index contributed by atoms with van der Waals surface area (Å²) in [5, 5.41) is 20.6. The van der Waals surface area contributed by atoms with E-state index in [-0.39, 0.29) is 12.5 Å². The Labute approximate surface area is 117 Å². The quantitative estimate of drug-likeness (QED) is 0.442. The summed E-state index contributed by atoms with van der Waals surface area (Å²) in [6.07, 6.45) is -0.360. The molecule has 0 saturated carbocycles. The maximum absolute atomic E-state index is 11.7. The van der Waals surface area contributed by atoms with E-state index in [0.29, 0.717) is 23.6 Å². The fraction of sp³-hybridized carbons (Fsp3) is 0.462. The highest BCUT2D eigenvalue weighted by atomic mass is 32.2. The van der Waals surface area contributed by atoms with Crippen molar-refractivity contribution < 1.29 is 15.0 Å². The summed E-state index contributed by atoms with van der Waals surface area (Å²) < 4.78 is 0. The molecule has 1 rings (SSSR count). The lowest BCUT2D eigenvalue weighted by Gasteiger charge is -2.10. The molecule has 1 atom stereocenters. The van der Waals surface area contributed by atoms with Crippen molar-refractivity contribution in [3.63, 3.8) is 0 Å². The second kappa shape index (κ2) is 8.04. The van der Waals surface area contributed by atoms with Crippen LogP contribution >= 0.6 is 11.8 Å². The molecule has 6 heteroatoms. The summed E-state index contributed by atoms with van der Waals surface area (Å²) in [5.74, 6) is 0.949. The van der Waals surface area contributed by atoms with E-state index in [1.807, 2.05) is 13.0 Å². The molecule has 0 aliphatic rings. The van der Waals surface area contributed by atoms with Crippen molar-refractivity contribution in [3.05, 3.63) is 23.8 Å². The maximum atomic E-state index is 11.7. The molecule has 1 amide bonds. The van der Waals surface area contributed by atoms with Crippen LogP contribution in [-0.2, 0) is 4.79 Å². The first-order valence-electron chi connectivity index (χ1n) is 6.05. The molecular formula is C13H20N2O3S. The molecule has 0 heterocycles. The summed E-state index contributed by atoms with van der Waals surface area (Å²) in [4.78, 5) is 11.7. The van der Waals surface area contributed by atoms with Crippen molar-refractivity contribution in [1.82, 2.24) is 0 Å². The number of thioether (sulfide) groups is 1. The highest BCUT2D eigenvalue weighted by Gasteiger charge is 2.06. The van der Waals surface area contributed by atoms with Crippen LogP contribution in [0.3, 0.4) is 0 Å². The molecular weight excluding hydrogens is 264 g/mol. The van der Waals surface area contributed by atoms with Crippen LogP contribution in [0.1, 0.15) is 12.0 Å². The van der Waals surface area contributed by atoms with Gasteiger partial charge >= 0.3 is 0 Å². The number of aliphatic hydroxyl groups is 2. The predicted molar refractivity (Wildman–Crippen MR) is 79.3 cm³/mol. The van der Waals surface area contributed by atoms with E-state index in [9.17, 15) is 4.79 Å². The van der Waals surface area contributed by atoms with Crippen molar-refractivity contribution in [2.24, 2.45) is 0 Å². The zero-order valence-electron chi connectivity index (χ0n) is 10.9. The van der Waals surface area contributed by atoms with Crippen LogP contribution in [0.15, 0.2) is 18.2 Å². The van der Waals surface area contributed by atoms with Crippen molar-refractivity contribution in [2.45, 2.75) is 19.4 Å². The Bertz CT molecular complexity index is 426. The summed E-state index contributed by atoms with van der Waals surface area (Å²) in [7, 11) is 0. The highest BCUT2D eigenvalue weighted by Crippen LogP contribution is 2.18. The lowest BCUT2D eigenvalue weighted by atomic mass is 10.2. The van der Waals surface area contributed by atoms with Crippen LogP contribution in [0, 0.1) is 6.92 Å². The van der Waals surface area contributed by atoms with Gasteiger partial charge < -0.3 is 21.3 Å². The average Bonchev–Trinajstić information content (AvgIpc) is 2.38. The summed E-state index contributed by atoms with van der Waals surface area (Å²) in [5.41, 5.74) is 7.97. The third-order valence-corrected chi connectivity index (χ3v) is 3.64. The van der Waals surface area contributed by atoms with Gasteiger partial charge in [-0.3, -0.25) is 4.79 Å². The molecule has 106 valence electrons. The van der Waals surface area contributed by atoms with E-state index in [4.69, 9.17) is 15.9 Å². The number of hydrogen-bond donors (Lipinski definition) is 4. The molecule has 1 unspecified atom stereocenters. The number of aliphatic hydroxyl groups excluding tert-OH is 2. The van der Waals surface area contributed by atoms with E-state index in [1.54, 1.807) is 12.1 Å². The lowest BCUT2D eigenvalue weighted by Crippen LogP contribution is -2.17. The van der Waals surface area contributed by atoms with Gasteiger partial charge in [-0.05, 0) is 24.6 Å². The van der Waals surface area contributed by atoms with Gasteiger partial charge in [0.25, 0.3) is 0 Å². The number of benzene rings is 1. The van der Waals surface area contributed by atoms with Gasteiger partial charge in [0.2, 0.25) is 5.91 Å². The molecule has 0 aliphatic heterocycles. The van der Waals surface area contributed by atoms with Crippen molar-refractivity contribution in [1.29, 1.82) is 0 Å². The molecule has 0 aliphatic carbocycles.